The van der Waals surface area contributed by atoms with Gasteiger partial charge in [-0.15, -0.1) is 0 Å². The fourth-order valence-corrected chi connectivity index (χ4v) is 6.53. The Hall–Kier alpha value is -5.32. The van der Waals surface area contributed by atoms with Gasteiger partial charge in [0.15, 0.2) is 0 Å². The highest BCUT2D eigenvalue weighted by atomic mass is 19.1. The number of nitrogens with zero attached hydrogens (tertiary/aromatic N) is 3. The average molecular weight is 638 g/mol. The first kappa shape index (κ1) is 31.7. The fraction of sp³-hybridized carbons (Fsp3) is 0.306. The number of carbonyl (C=O) groups excluding carboxylic acids is 4. The third-order valence-corrected chi connectivity index (χ3v) is 8.93. The number of hydrogen-bond donors (Lipinski definition) is 2. The normalized spacial score (nSPS) is 20.6. The number of esters is 1. The molecule has 0 aromatic heterocycles. The second-order valence-electron chi connectivity index (χ2n) is 12.1. The maximum absolute atomic E-state index is 15.2. The van der Waals surface area contributed by atoms with Crippen molar-refractivity contribution in [2.45, 2.75) is 31.8 Å². The lowest BCUT2D eigenvalue weighted by atomic mass is 9.84. The number of aliphatic imine (C=N–C) groups is 1. The van der Waals surface area contributed by atoms with Gasteiger partial charge in [0.05, 0.1) is 18.5 Å². The quantitative estimate of drug-likeness (QED) is 0.279. The smallest absolute Gasteiger partial charge is 0.330 e. The van der Waals surface area contributed by atoms with Crippen molar-refractivity contribution < 1.29 is 28.3 Å². The van der Waals surface area contributed by atoms with Gasteiger partial charge in [0.2, 0.25) is 12.1 Å². The van der Waals surface area contributed by atoms with Crippen LogP contribution in [0.5, 0.6) is 0 Å². The second-order valence-corrected chi connectivity index (χ2v) is 12.1. The molecule has 242 valence electrons. The minimum absolute atomic E-state index is 0.155. The number of urea groups is 1. The lowest BCUT2D eigenvalue weighted by Crippen LogP contribution is -2.51. The van der Waals surface area contributed by atoms with Crippen LogP contribution in [0.1, 0.15) is 42.4 Å². The van der Waals surface area contributed by atoms with Gasteiger partial charge < -0.3 is 20.3 Å². The number of methoxy groups -OCH3 is 1. The summed E-state index contributed by atoms with van der Waals surface area (Å²) in [6.07, 6.45) is 5.73. The number of para-hydroxylation sites is 1. The van der Waals surface area contributed by atoms with Crippen molar-refractivity contribution in [1.82, 2.24) is 10.2 Å². The van der Waals surface area contributed by atoms with Crippen LogP contribution in [-0.4, -0.2) is 67.3 Å². The van der Waals surface area contributed by atoms with Gasteiger partial charge in [-0.05, 0) is 79.5 Å². The van der Waals surface area contributed by atoms with E-state index in [1.807, 2.05) is 4.90 Å². The Bertz CT molecular complexity index is 1730. The largest absolute Gasteiger partial charge is 0.466 e. The number of ether oxygens (including phenoxy) is 1. The fourth-order valence-electron chi connectivity index (χ4n) is 6.53. The van der Waals surface area contributed by atoms with Crippen molar-refractivity contribution in [2.75, 3.05) is 37.0 Å². The minimum atomic E-state index is -1.48. The Morgan fingerprint density at radius 1 is 0.936 bits per heavy atom. The molecule has 1 unspecified atom stereocenters. The van der Waals surface area contributed by atoms with E-state index < -0.39 is 29.9 Å². The molecule has 3 aliphatic heterocycles. The zero-order chi connectivity index (χ0) is 32.9. The highest BCUT2D eigenvalue weighted by molar-refractivity contribution is 6.21. The molecule has 3 heterocycles. The predicted octanol–water partition coefficient (Wildman–Crippen LogP) is 4.99. The maximum Gasteiger partial charge on any atom is 0.330 e. The van der Waals surface area contributed by atoms with Gasteiger partial charge in [-0.25, -0.2) is 19.0 Å². The first-order chi connectivity index (χ1) is 22.8. The van der Waals surface area contributed by atoms with Crippen LogP contribution in [0.3, 0.4) is 0 Å². The summed E-state index contributed by atoms with van der Waals surface area (Å²) in [5.74, 6) is -0.968. The number of rotatable bonds is 7. The molecule has 4 aliphatic rings. The Kier molecular flexibility index (Phi) is 9.42. The number of halogens is 1. The molecule has 0 spiro atoms. The molecule has 2 saturated heterocycles. The van der Waals surface area contributed by atoms with Crippen molar-refractivity contribution in [3.05, 3.63) is 101 Å². The van der Waals surface area contributed by atoms with Crippen LogP contribution in [0.4, 0.5) is 20.6 Å². The number of amides is 4. The molecule has 7 rings (SSSR count). The molecule has 1 saturated carbocycles. The Morgan fingerprint density at radius 3 is 2.32 bits per heavy atom. The summed E-state index contributed by atoms with van der Waals surface area (Å²) in [5.41, 5.74) is 2.21. The first-order valence-corrected chi connectivity index (χ1v) is 15.7. The molecule has 11 heteroatoms. The van der Waals surface area contributed by atoms with Crippen LogP contribution < -0.4 is 15.5 Å². The SMILES string of the molecule is COC(=O)/C=C/c1cccc(NC(=O)NC2N=C(c3ccccc3F)c3ccccc3N(CC(=O)N3CC4CCC(CC4)C3)C2=O)c1. The monoisotopic (exact) mass is 637 g/mol. The van der Waals surface area contributed by atoms with Crippen LogP contribution in [0.25, 0.3) is 6.08 Å². The molecule has 2 N–H and O–H groups in total. The molecular formula is C36H36FN5O5. The van der Waals surface area contributed by atoms with E-state index in [0.717, 1.165) is 25.7 Å². The molecule has 1 atom stereocenters. The van der Waals surface area contributed by atoms with Crippen LogP contribution in [0.15, 0.2) is 83.9 Å². The molecule has 0 radical (unpaired) electrons. The summed E-state index contributed by atoms with van der Waals surface area (Å²) in [4.78, 5) is 60.8. The molecule has 3 aromatic carbocycles. The van der Waals surface area contributed by atoms with E-state index in [0.29, 0.717) is 47.4 Å². The number of carbonyl (C=O) groups is 4. The predicted molar refractivity (Wildman–Crippen MR) is 176 cm³/mol. The molecule has 2 bridgehead atoms. The van der Waals surface area contributed by atoms with Gasteiger partial charge in [0, 0.05) is 36.0 Å². The lowest BCUT2D eigenvalue weighted by Gasteiger charge is -2.29. The van der Waals surface area contributed by atoms with Crippen molar-refractivity contribution in [3.8, 4) is 0 Å². The van der Waals surface area contributed by atoms with Gasteiger partial charge >= 0.3 is 12.0 Å². The van der Waals surface area contributed by atoms with E-state index in [1.54, 1.807) is 66.7 Å². The molecule has 47 heavy (non-hydrogen) atoms. The standard InChI is InChI=1S/C36H36FN5O5/c1-47-32(44)18-17-23-7-6-8-26(19-23)38-36(46)40-34-35(45)42(22-31(43)41-20-24-13-14-25(21-41)16-15-24)30-12-5-3-10-28(30)33(39-34)27-9-2-4-11-29(27)37/h2-12,17-19,24-25,34H,13-16,20-22H2,1H3,(H2,38,40,46)/b18-17+. The van der Waals surface area contributed by atoms with E-state index in [4.69, 9.17) is 0 Å². The van der Waals surface area contributed by atoms with E-state index in [-0.39, 0.29) is 23.7 Å². The van der Waals surface area contributed by atoms with Crippen molar-refractivity contribution in [3.63, 3.8) is 0 Å². The Labute approximate surface area is 272 Å². The molecule has 4 amide bonds. The van der Waals surface area contributed by atoms with Gasteiger partial charge in [-0.1, -0.05) is 42.5 Å². The summed E-state index contributed by atoms with van der Waals surface area (Å²) in [7, 11) is 1.28. The van der Waals surface area contributed by atoms with E-state index in [2.05, 4.69) is 20.4 Å². The van der Waals surface area contributed by atoms with Gasteiger partial charge in [-0.3, -0.25) is 14.5 Å². The summed E-state index contributed by atoms with van der Waals surface area (Å²) in [5, 5.41) is 5.34. The number of fused-ring (bicyclic) bond motifs is 5. The topological polar surface area (TPSA) is 120 Å². The zero-order valence-corrected chi connectivity index (χ0v) is 26.0. The third kappa shape index (κ3) is 7.24. The third-order valence-electron chi connectivity index (χ3n) is 8.93. The van der Waals surface area contributed by atoms with Crippen LogP contribution in [0.2, 0.25) is 0 Å². The molecule has 1 aliphatic carbocycles. The van der Waals surface area contributed by atoms with Crippen LogP contribution >= 0.6 is 0 Å². The van der Waals surface area contributed by atoms with E-state index >= 15 is 4.39 Å². The average Bonchev–Trinajstić information content (AvgIpc) is 3.47. The molecule has 10 nitrogen and oxygen atoms in total. The van der Waals surface area contributed by atoms with Crippen molar-refractivity contribution in [1.29, 1.82) is 0 Å². The van der Waals surface area contributed by atoms with Crippen molar-refractivity contribution in [2.24, 2.45) is 16.8 Å². The summed E-state index contributed by atoms with van der Waals surface area (Å²) < 4.78 is 19.9. The van der Waals surface area contributed by atoms with Gasteiger partial charge in [0.25, 0.3) is 5.91 Å². The maximum atomic E-state index is 15.2. The zero-order valence-electron chi connectivity index (χ0n) is 26.0. The van der Waals surface area contributed by atoms with Crippen LogP contribution in [0, 0.1) is 17.7 Å². The van der Waals surface area contributed by atoms with E-state index in [9.17, 15) is 19.2 Å². The number of benzene rings is 3. The number of hydrogen-bond acceptors (Lipinski definition) is 6. The summed E-state index contributed by atoms with van der Waals surface area (Å²) in [6, 6.07) is 19.0. The molecule has 3 fully saturated rings. The van der Waals surface area contributed by atoms with Gasteiger partial charge in [-0.2, -0.15) is 0 Å². The lowest BCUT2D eigenvalue weighted by molar-refractivity contribution is -0.134. The van der Waals surface area contributed by atoms with E-state index in [1.165, 1.54) is 30.2 Å². The highest BCUT2D eigenvalue weighted by Crippen LogP contribution is 2.34. The first-order valence-electron chi connectivity index (χ1n) is 15.7. The molecular weight excluding hydrogens is 601 g/mol. The summed E-state index contributed by atoms with van der Waals surface area (Å²) in [6.45, 7) is 1.08. The summed E-state index contributed by atoms with van der Waals surface area (Å²) >= 11 is 0. The Morgan fingerprint density at radius 2 is 1.62 bits per heavy atom. The van der Waals surface area contributed by atoms with Gasteiger partial charge in [0.1, 0.15) is 12.4 Å². The number of anilines is 2. The van der Waals surface area contributed by atoms with Crippen molar-refractivity contribution >= 4 is 47.0 Å². The Balaban J connectivity index is 1.31. The highest BCUT2D eigenvalue weighted by Gasteiger charge is 2.37. The number of nitrogens with one attached hydrogen (secondary N) is 2. The molecule has 3 aromatic rings. The number of benzodiazepines with no additional fused rings is 1. The minimum Gasteiger partial charge on any atom is -0.466 e. The second kappa shape index (κ2) is 14.0. The van der Waals surface area contributed by atoms with Crippen LogP contribution in [-0.2, 0) is 19.1 Å².